The zero-order chi connectivity index (χ0) is 11.7. The van der Waals surface area contributed by atoms with E-state index in [4.69, 9.17) is 0 Å². The van der Waals surface area contributed by atoms with Crippen molar-refractivity contribution in [2.24, 2.45) is 0 Å². The van der Waals surface area contributed by atoms with Gasteiger partial charge >= 0.3 is 0 Å². The molecule has 0 saturated heterocycles. The van der Waals surface area contributed by atoms with Crippen molar-refractivity contribution in [3.05, 3.63) is 29.2 Å². The van der Waals surface area contributed by atoms with Crippen LogP contribution in [0.5, 0.6) is 0 Å². The van der Waals surface area contributed by atoms with Crippen molar-refractivity contribution >= 4 is 11.3 Å². The molecule has 0 bridgehead atoms. The summed E-state index contributed by atoms with van der Waals surface area (Å²) in [5, 5.41) is 4.47. The van der Waals surface area contributed by atoms with Crippen molar-refractivity contribution in [2.45, 2.75) is 32.4 Å². The minimum absolute atomic E-state index is 0.733. The average Bonchev–Trinajstić information content (AvgIpc) is 3.12. The first-order valence-corrected chi connectivity index (χ1v) is 6.60. The largest absolute Gasteiger partial charge is 0.309 e. The lowest BCUT2D eigenvalue weighted by atomic mass is 10.4. The third-order valence-corrected chi connectivity index (χ3v) is 3.98. The van der Waals surface area contributed by atoms with Crippen LogP contribution in [0.1, 0.15) is 23.4 Å². The van der Waals surface area contributed by atoms with E-state index in [1.54, 1.807) is 29.9 Å². The van der Waals surface area contributed by atoms with Gasteiger partial charge in [-0.3, -0.25) is 9.97 Å². The third kappa shape index (κ3) is 2.50. The van der Waals surface area contributed by atoms with Gasteiger partial charge in [-0.2, -0.15) is 0 Å². The predicted octanol–water partition coefficient (Wildman–Crippen LogP) is 2.16. The van der Waals surface area contributed by atoms with E-state index in [0.717, 1.165) is 29.0 Å². The Kier molecular flexibility index (Phi) is 2.86. The van der Waals surface area contributed by atoms with E-state index in [9.17, 15) is 0 Å². The fourth-order valence-corrected chi connectivity index (χ4v) is 2.61. The monoisotopic (exact) mass is 246 g/mol. The molecule has 0 amide bonds. The molecule has 5 heteroatoms. The Hall–Kier alpha value is -1.33. The van der Waals surface area contributed by atoms with Crippen molar-refractivity contribution in [1.29, 1.82) is 0 Å². The lowest BCUT2D eigenvalue weighted by Crippen LogP contribution is -2.14. The van der Waals surface area contributed by atoms with Gasteiger partial charge in [-0.1, -0.05) is 0 Å². The van der Waals surface area contributed by atoms with E-state index in [1.165, 1.54) is 17.7 Å². The Morgan fingerprint density at radius 2 is 2.29 bits per heavy atom. The second-order valence-corrected chi connectivity index (χ2v) is 5.36. The van der Waals surface area contributed by atoms with Gasteiger partial charge < -0.3 is 5.32 Å². The summed E-state index contributed by atoms with van der Waals surface area (Å²) in [4.78, 5) is 14.2. The molecular formula is C12H14N4S. The van der Waals surface area contributed by atoms with Crippen molar-refractivity contribution in [1.82, 2.24) is 20.3 Å². The molecule has 2 heterocycles. The van der Waals surface area contributed by atoms with Crippen LogP contribution < -0.4 is 5.32 Å². The van der Waals surface area contributed by atoms with Crippen LogP contribution in [0.25, 0.3) is 10.7 Å². The molecule has 17 heavy (non-hydrogen) atoms. The van der Waals surface area contributed by atoms with Gasteiger partial charge in [0.25, 0.3) is 0 Å². The maximum atomic E-state index is 4.56. The maximum Gasteiger partial charge on any atom is 0.144 e. The molecule has 0 radical (unpaired) electrons. The average molecular weight is 246 g/mol. The van der Waals surface area contributed by atoms with E-state index in [1.807, 2.05) is 0 Å². The molecule has 0 aromatic carbocycles. The van der Waals surface area contributed by atoms with E-state index >= 15 is 0 Å². The van der Waals surface area contributed by atoms with Crippen LogP contribution in [0, 0.1) is 6.92 Å². The van der Waals surface area contributed by atoms with Gasteiger partial charge in [-0.05, 0) is 19.8 Å². The van der Waals surface area contributed by atoms with E-state index < -0.39 is 0 Å². The standard InChI is InChI=1S/C12H14N4S/c1-8-11(7-15-9-2-3-9)17-12(16-8)10-6-13-4-5-14-10/h4-6,9,15H,2-3,7H2,1H3. The predicted molar refractivity (Wildman–Crippen MR) is 67.7 cm³/mol. The number of thiazole rings is 1. The van der Waals surface area contributed by atoms with Crippen molar-refractivity contribution in [3.8, 4) is 10.7 Å². The van der Waals surface area contributed by atoms with Gasteiger partial charge in [0.2, 0.25) is 0 Å². The SMILES string of the molecule is Cc1nc(-c2cnccn2)sc1CNC1CC1. The van der Waals surface area contributed by atoms with Crippen molar-refractivity contribution in [2.75, 3.05) is 0 Å². The first-order chi connectivity index (χ1) is 8.33. The highest BCUT2D eigenvalue weighted by Gasteiger charge is 2.21. The third-order valence-electron chi connectivity index (χ3n) is 2.80. The fraction of sp³-hybridized carbons (Fsp3) is 0.417. The second kappa shape index (κ2) is 4.50. The zero-order valence-corrected chi connectivity index (χ0v) is 10.5. The van der Waals surface area contributed by atoms with Crippen LogP contribution in [-0.2, 0) is 6.54 Å². The van der Waals surface area contributed by atoms with Crippen molar-refractivity contribution in [3.63, 3.8) is 0 Å². The molecule has 1 saturated carbocycles. The molecule has 2 aromatic heterocycles. The number of rotatable bonds is 4. The Labute approximate surface area is 104 Å². The Bertz CT molecular complexity index is 504. The minimum Gasteiger partial charge on any atom is -0.309 e. The normalized spacial score (nSPS) is 15.1. The highest BCUT2D eigenvalue weighted by atomic mass is 32.1. The van der Waals surface area contributed by atoms with Crippen molar-refractivity contribution < 1.29 is 0 Å². The molecule has 88 valence electrons. The molecule has 0 unspecified atom stereocenters. The molecule has 1 fully saturated rings. The summed E-state index contributed by atoms with van der Waals surface area (Å²) in [6.45, 7) is 2.98. The van der Waals surface area contributed by atoms with Crippen LogP contribution in [-0.4, -0.2) is 21.0 Å². The van der Waals surface area contributed by atoms with Gasteiger partial charge in [0.05, 0.1) is 11.9 Å². The van der Waals surface area contributed by atoms with Gasteiger partial charge in [0.1, 0.15) is 10.7 Å². The number of nitrogens with one attached hydrogen (secondary N) is 1. The lowest BCUT2D eigenvalue weighted by molar-refractivity contribution is 0.691. The molecule has 0 atom stereocenters. The Morgan fingerprint density at radius 3 is 3.00 bits per heavy atom. The van der Waals surface area contributed by atoms with E-state index in [-0.39, 0.29) is 0 Å². The summed E-state index contributed by atoms with van der Waals surface area (Å²) >= 11 is 1.71. The summed E-state index contributed by atoms with van der Waals surface area (Å²) in [5.74, 6) is 0. The highest BCUT2D eigenvalue weighted by molar-refractivity contribution is 7.15. The quantitative estimate of drug-likeness (QED) is 0.898. The smallest absolute Gasteiger partial charge is 0.144 e. The van der Waals surface area contributed by atoms with Gasteiger partial charge in [0.15, 0.2) is 0 Å². The van der Waals surface area contributed by atoms with E-state index in [2.05, 4.69) is 27.2 Å². The number of hydrogen-bond acceptors (Lipinski definition) is 5. The maximum absolute atomic E-state index is 4.56. The molecule has 4 nitrogen and oxygen atoms in total. The van der Waals surface area contributed by atoms with Gasteiger partial charge in [0, 0.05) is 29.9 Å². The summed E-state index contributed by atoms with van der Waals surface area (Å²) in [6.07, 6.45) is 7.77. The number of aryl methyl sites for hydroxylation is 1. The first kappa shape index (κ1) is 10.8. The zero-order valence-electron chi connectivity index (χ0n) is 9.68. The first-order valence-electron chi connectivity index (χ1n) is 5.79. The Balaban J connectivity index is 1.79. The van der Waals surface area contributed by atoms with Gasteiger partial charge in [-0.25, -0.2) is 4.98 Å². The topological polar surface area (TPSA) is 50.7 Å². The molecular weight excluding hydrogens is 232 g/mol. The van der Waals surface area contributed by atoms with Crippen LogP contribution >= 0.6 is 11.3 Å². The number of hydrogen-bond donors (Lipinski definition) is 1. The van der Waals surface area contributed by atoms with Crippen LogP contribution in [0.4, 0.5) is 0 Å². The summed E-state index contributed by atoms with van der Waals surface area (Å²) in [5.41, 5.74) is 1.96. The second-order valence-electron chi connectivity index (χ2n) is 4.27. The minimum atomic E-state index is 0.733. The summed E-state index contributed by atoms with van der Waals surface area (Å²) in [7, 11) is 0. The van der Waals surface area contributed by atoms with Crippen LogP contribution in [0.15, 0.2) is 18.6 Å². The summed E-state index contributed by atoms with van der Waals surface area (Å²) < 4.78 is 0. The molecule has 3 rings (SSSR count). The van der Waals surface area contributed by atoms with Crippen LogP contribution in [0.2, 0.25) is 0 Å². The molecule has 1 aliphatic rings. The molecule has 1 aliphatic carbocycles. The van der Waals surface area contributed by atoms with E-state index in [0.29, 0.717) is 0 Å². The highest BCUT2D eigenvalue weighted by Crippen LogP contribution is 2.27. The van der Waals surface area contributed by atoms with Crippen LogP contribution in [0.3, 0.4) is 0 Å². The fourth-order valence-electron chi connectivity index (χ4n) is 1.64. The molecule has 0 spiro atoms. The summed E-state index contributed by atoms with van der Waals surface area (Å²) in [6, 6.07) is 0.733. The molecule has 2 aromatic rings. The Morgan fingerprint density at radius 1 is 1.41 bits per heavy atom. The molecule has 0 aliphatic heterocycles. The van der Waals surface area contributed by atoms with Gasteiger partial charge in [-0.15, -0.1) is 11.3 Å². The number of aromatic nitrogens is 3. The lowest BCUT2D eigenvalue weighted by Gasteiger charge is -1.99. The number of nitrogens with zero attached hydrogens (tertiary/aromatic N) is 3. The molecule has 1 N–H and O–H groups in total.